The molecule has 0 spiro atoms. The number of halogens is 2. The summed E-state index contributed by atoms with van der Waals surface area (Å²) in [5, 5.41) is 0. The standard InChI is InChI=1S/C15H12BrFO/c1-18-15-9-12(8-13(16)10-15)3-2-11-4-6-14(17)7-5-11/h2-10H,1H3. The first kappa shape index (κ1) is 12.8. The average molecular weight is 307 g/mol. The fourth-order valence-corrected chi connectivity index (χ4v) is 2.05. The molecule has 0 aliphatic rings. The van der Waals surface area contributed by atoms with Crippen molar-refractivity contribution in [3.63, 3.8) is 0 Å². The normalized spacial score (nSPS) is 10.8. The summed E-state index contributed by atoms with van der Waals surface area (Å²) in [5.74, 6) is 0.569. The van der Waals surface area contributed by atoms with Gasteiger partial charge < -0.3 is 4.74 Å². The van der Waals surface area contributed by atoms with Gasteiger partial charge in [0, 0.05) is 4.47 Å². The maximum atomic E-state index is 12.8. The molecule has 0 fully saturated rings. The lowest BCUT2D eigenvalue weighted by atomic mass is 10.1. The van der Waals surface area contributed by atoms with E-state index in [1.165, 1.54) is 12.1 Å². The van der Waals surface area contributed by atoms with Crippen molar-refractivity contribution >= 4 is 28.1 Å². The van der Waals surface area contributed by atoms with Crippen molar-refractivity contribution < 1.29 is 9.13 Å². The van der Waals surface area contributed by atoms with Crippen LogP contribution < -0.4 is 4.74 Å². The third kappa shape index (κ3) is 3.44. The molecule has 0 atom stereocenters. The van der Waals surface area contributed by atoms with Crippen LogP contribution in [-0.4, -0.2) is 7.11 Å². The number of benzene rings is 2. The summed E-state index contributed by atoms with van der Waals surface area (Å²) in [6.07, 6.45) is 3.89. The van der Waals surface area contributed by atoms with E-state index >= 15 is 0 Å². The lowest BCUT2D eigenvalue weighted by Gasteiger charge is -2.02. The maximum Gasteiger partial charge on any atom is 0.123 e. The third-order valence-corrected chi connectivity index (χ3v) is 2.93. The van der Waals surface area contributed by atoms with Crippen molar-refractivity contribution in [2.75, 3.05) is 7.11 Å². The van der Waals surface area contributed by atoms with E-state index in [1.54, 1.807) is 19.2 Å². The molecule has 0 unspecified atom stereocenters. The summed E-state index contributed by atoms with van der Waals surface area (Å²) in [6, 6.07) is 12.2. The van der Waals surface area contributed by atoms with Gasteiger partial charge in [0.1, 0.15) is 11.6 Å². The van der Waals surface area contributed by atoms with E-state index in [0.29, 0.717) is 0 Å². The van der Waals surface area contributed by atoms with Crippen LogP contribution in [-0.2, 0) is 0 Å². The van der Waals surface area contributed by atoms with Gasteiger partial charge in [0.25, 0.3) is 0 Å². The van der Waals surface area contributed by atoms with Crippen LogP contribution in [0.15, 0.2) is 46.9 Å². The predicted octanol–water partition coefficient (Wildman–Crippen LogP) is 4.77. The van der Waals surface area contributed by atoms with Crippen LogP contribution in [0.1, 0.15) is 11.1 Å². The van der Waals surface area contributed by atoms with Gasteiger partial charge in [0.15, 0.2) is 0 Å². The molecule has 0 N–H and O–H groups in total. The number of ether oxygens (including phenoxy) is 1. The Hall–Kier alpha value is -1.61. The lowest BCUT2D eigenvalue weighted by molar-refractivity contribution is 0.414. The van der Waals surface area contributed by atoms with Crippen molar-refractivity contribution in [3.8, 4) is 5.75 Å². The summed E-state index contributed by atoms with van der Waals surface area (Å²) in [6.45, 7) is 0. The Balaban J connectivity index is 2.22. The Labute approximate surface area is 114 Å². The highest BCUT2D eigenvalue weighted by molar-refractivity contribution is 9.10. The molecule has 0 aliphatic heterocycles. The minimum absolute atomic E-state index is 0.226. The molecule has 0 amide bonds. The summed E-state index contributed by atoms with van der Waals surface area (Å²) >= 11 is 3.43. The van der Waals surface area contributed by atoms with E-state index in [1.807, 2.05) is 30.4 Å². The van der Waals surface area contributed by atoms with E-state index in [4.69, 9.17) is 4.74 Å². The molecular formula is C15H12BrFO. The Bertz CT molecular complexity index is 561. The third-order valence-electron chi connectivity index (χ3n) is 2.47. The molecule has 0 saturated carbocycles. The van der Waals surface area contributed by atoms with Crippen LogP contribution in [0.4, 0.5) is 4.39 Å². The molecule has 0 bridgehead atoms. The van der Waals surface area contributed by atoms with Gasteiger partial charge in [-0.15, -0.1) is 0 Å². The van der Waals surface area contributed by atoms with Crippen LogP contribution in [0.5, 0.6) is 5.75 Å². The molecule has 2 aromatic carbocycles. The van der Waals surface area contributed by atoms with E-state index in [9.17, 15) is 4.39 Å². The van der Waals surface area contributed by atoms with Crippen molar-refractivity contribution in [2.45, 2.75) is 0 Å². The zero-order valence-electron chi connectivity index (χ0n) is 9.86. The van der Waals surface area contributed by atoms with Gasteiger partial charge in [0.05, 0.1) is 7.11 Å². The fraction of sp³-hybridized carbons (Fsp3) is 0.0667. The number of hydrogen-bond donors (Lipinski definition) is 0. The second-order valence-corrected chi connectivity index (χ2v) is 4.72. The predicted molar refractivity (Wildman–Crippen MR) is 76.0 cm³/mol. The molecule has 3 heteroatoms. The quantitative estimate of drug-likeness (QED) is 0.742. The Morgan fingerprint density at radius 2 is 1.67 bits per heavy atom. The molecule has 2 aromatic rings. The summed E-state index contributed by atoms with van der Waals surface area (Å²) in [4.78, 5) is 0. The topological polar surface area (TPSA) is 9.23 Å². The van der Waals surface area contributed by atoms with Crippen LogP contribution in [0.3, 0.4) is 0 Å². The first-order valence-electron chi connectivity index (χ1n) is 5.45. The van der Waals surface area contributed by atoms with Gasteiger partial charge >= 0.3 is 0 Å². The molecule has 0 aliphatic carbocycles. The first-order valence-corrected chi connectivity index (χ1v) is 6.25. The Kier molecular flexibility index (Phi) is 4.15. The molecule has 0 heterocycles. The van der Waals surface area contributed by atoms with Gasteiger partial charge in [-0.3, -0.25) is 0 Å². The van der Waals surface area contributed by atoms with Gasteiger partial charge in [-0.05, 0) is 41.5 Å². The van der Waals surface area contributed by atoms with Gasteiger partial charge in [-0.1, -0.05) is 40.2 Å². The zero-order chi connectivity index (χ0) is 13.0. The Morgan fingerprint density at radius 3 is 2.33 bits per heavy atom. The molecule has 92 valence electrons. The summed E-state index contributed by atoms with van der Waals surface area (Å²) in [7, 11) is 1.63. The fourth-order valence-electron chi connectivity index (χ4n) is 1.56. The highest BCUT2D eigenvalue weighted by Gasteiger charge is 1.97. The SMILES string of the molecule is COc1cc(Br)cc(C=Cc2ccc(F)cc2)c1. The van der Waals surface area contributed by atoms with Crippen LogP contribution >= 0.6 is 15.9 Å². The smallest absolute Gasteiger partial charge is 0.123 e. The van der Waals surface area contributed by atoms with E-state index in [-0.39, 0.29) is 5.82 Å². The van der Waals surface area contributed by atoms with E-state index in [2.05, 4.69) is 15.9 Å². The Morgan fingerprint density at radius 1 is 1.00 bits per heavy atom. The highest BCUT2D eigenvalue weighted by atomic mass is 79.9. The highest BCUT2D eigenvalue weighted by Crippen LogP contribution is 2.22. The van der Waals surface area contributed by atoms with Crippen molar-refractivity contribution in [2.24, 2.45) is 0 Å². The minimum atomic E-state index is -0.226. The van der Waals surface area contributed by atoms with Crippen LogP contribution in [0.2, 0.25) is 0 Å². The summed E-state index contributed by atoms with van der Waals surface area (Å²) in [5.41, 5.74) is 1.97. The molecule has 2 rings (SSSR count). The van der Waals surface area contributed by atoms with E-state index in [0.717, 1.165) is 21.3 Å². The molecular weight excluding hydrogens is 295 g/mol. The van der Waals surface area contributed by atoms with Gasteiger partial charge in [-0.2, -0.15) is 0 Å². The van der Waals surface area contributed by atoms with Crippen LogP contribution in [0.25, 0.3) is 12.2 Å². The van der Waals surface area contributed by atoms with Crippen molar-refractivity contribution in [1.29, 1.82) is 0 Å². The van der Waals surface area contributed by atoms with Gasteiger partial charge in [0.2, 0.25) is 0 Å². The average Bonchev–Trinajstić information content (AvgIpc) is 2.37. The zero-order valence-corrected chi connectivity index (χ0v) is 11.4. The van der Waals surface area contributed by atoms with Crippen LogP contribution in [0, 0.1) is 5.82 Å². The molecule has 0 saturated heterocycles. The van der Waals surface area contributed by atoms with Crippen molar-refractivity contribution in [3.05, 3.63) is 63.9 Å². The lowest BCUT2D eigenvalue weighted by Crippen LogP contribution is -1.83. The number of rotatable bonds is 3. The molecule has 0 radical (unpaired) electrons. The second kappa shape index (κ2) is 5.83. The largest absolute Gasteiger partial charge is 0.497 e. The molecule has 18 heavy (non-hydrogen) atoms. The van der Waals surface area contributed by atoms with Crippen molar-refractivity contribution in [1.82, 2.24) is 0 Å². The minimum Gasteiger partial charge on any atom is -0.497 e. The van der Waals surface area contributed by atoms with E-state index < -0.39 is 0 Å². The second-order valence-electron chi connectivity index (χ2n) is 3.81. The van der Waals surface area contributed by atoms with Gasteiger partial charge in [-0.25, -0.2) is 4.39 Å². The molecule has 0 aromatic heterocycles. The number of methoxy groups -OCH3 is 1. The summed E-state index contributed by atoms with van der Waals surface area (Å²) < 4.78 is 18.9. The maximum absolute atomic E-state index is 12.8. The molecule has 1 nitrogen and oxygen atoms in total. The monoisotopic (exact) mass is 306 g/mol. The first-order chi connectivity index (χ1) is 8.67. The number of hydrogen-bond acceptors (Lipinski definition) is 1.